The van der Waals surface area contributed by atoms with Crippen LogP contribution in [0.15, 0.2) is 0 Å². The van der Waals surface area contributed by atoms with Crippen LogP contribution in [0.3, 0.4) is 0 Å². The fourth-order valence-electron chi connectivity index (χ4n) is 2.88. The summed E-state index contributed by atoms with van der Waals surface area (Å²) >= 11 is 0. The van der Waals surface area contributed by atoms with Gasteiger partial charge >= 0.3 is 12.0 Å². The standard InChI is InChI=1S/C14H24N2O3/c1-10-6-8-16(12(9-10)13(17)18)14(19)15-7-5-11-3-2-4-11/h10-12H,2-9H2,1H3,(H,15,19)(H,17,18). The van der Waals surface area contributed by atoms with E-state index in [-0.39, 0.29) is 6.03 Å². The molecule has 0 spiro atoms. The lowest BCUT2D eigenvalue weighted by Gasteiger charge is -2.36. The van der Waals surface area contributed by atoms with Crippen LogP contribution in [0.5, 0.6) is 0 Å². The van der Waals surface area contributed by atoms with E-state index in [1.807, 2.05) is 6.92 Å². The number of urea groups is 1. The molecule has 5 nitrogen and oxygen atoms in total. The number of carbonyl (C=O) groups excluding carboxylic acids is 1. The molecule has 0 bridgehead atoms. The Kier molecular flexibility index (Phi) is 4.66. The maximum atomic E-state index is 12.1. The predicted octanol–water partition coefficient (Wildman–Crippen LogP) is 2.07. The zero-order valence-corrected chi connectivity index (χ0v) is 11.6. The molecule has 2 aliphatic rings. The van der Waals surface area contributed by atoms with Gasteiger partial charge in [0.05, 0.1) is 0 Å². The van der Waals surface area contributed by atoms with Crippen LogP contribution in [0.4, 0.5) is 4.79 Å². The number of amides is 2. The van der Waals surface area contributed by atoms with Gasteiger partial charge in [0, 0.05) is 13.1 Å². The van der Waals surface area contributed by atoms with Crippen LogP contribution >= 0.6 is 0 Å². The molecule has 5 heteroatoms. The van der Waals surface area contributed by atoms with E-state index in [1.165, 1.54) is 24.2 Å². The van der Waals surface area contributed by atoms with Crippen molar-refractivity contribution in [1.29, 1.82) is 0 Å². The molecule has 2 rings (SSSR count). The van der Waals surface area contributed by atoms with E-state index in [9.17, 15) is 14.7 Å². The number of carboxylic acids is 1. The van der Waals surface area contributed by atoms with Gasteiger partial charge in [-0.15, -0.1) is 0 Å². The van der Waals surface area contributed by atoms with E-state index in [0.29, 0.717) is 25.4 Å². The number of likely N-dealkylation sites (tertiary alicyclic amines) is 1. The van der Waals surface area contributed by atoms with Gasteiger partial charge in [-0.1, -0.05) is 26.2 Å². The average Bonchev–Trinajstić information content (AvgIpc) is 2.31. The van der Waals surface area contributed by atoms with Crippen LogP contribution in [-0.2, 0) is 4.79 Å². The highest BCUT2D eigenvalue weighted by Crippen LogP contribution is 2.28. The average molecular weight is 268 g/mol. The number of rotatable bonds is 4. The fraction of sp³-hybridized carbons (Fsp3) is 0.857. The Morgan fingerprint density at radius 3 is 2.63 bits per heavy atom. The van der Waals surface area contributed by atoms with Gasteiger partial charge in [0.25, 0.3) is 0 Å². The van der Waals surface area contributed by atoms with Gasteiger partial charge in [0.2, 0.25) is 0 Å². The van der Waals surface area contributed by atoms with E-state index in [4.69, 9.17) is 0 Å². The third-order valence-electron chi connectivity index (χ3n) is 4.46. The molecule has 0 radical (unpaired) electrons. The van der Waals surface area contributed by atoms with E-state index >= 15 is 0 Å². The highest BCUT2D eigenvalue weighted by Gasteiger charge is 2.34. The van der Waals surface area contributed by atoms with Crippen molar-refractivity contribution < 1.29 is 14.7 Å². The van der Waals surface area contributed by atoms with Crippen molar-refractivity contribution in [3.8, 4) is 0 Å². The highest BCUT2D eigenvalue weighted by atomic mass is 16.4. The van der Waals surface area contributed by atoms with Crippen molar-refractivity contribution in [1.82, 2.24) is 10.2 Å². The molecule has 0 aromatic carbocycles. The molecule has 0 aromatic heterocycles. The second-order valence-electron chi connectivity index (χ2n) is 5.99. The van der Waals surface area contributed by atoms with E-state index in [2.05, 4.69) is 5.32 Å². The summed E-state index contributed by atoms with van der Waals surface area (Å²) in [6, 6.07) is -0.869. The zero-order chi connectivity index (χ0) is 13.8. The molecule has 2 atom stereocenters. The Balaban J connectivity index is 1.79. The minimum Gasteiger partial charge on any atom is -0.480 e. The van der Waals surface area contributed by atoms with E-state index in [1.54, 1.807) is 0 Å². The summed E-state index contributed by atoms with van der Waals surface area (Å²) in [5, 5.41) is 12.1. The second kappa shape index (κ2) is 6.26. The summed E-state index contributed by atoms with van der Waals surface area (Å²) in [5.41, 5.74) is 0. The number of carboxylic acid groups (broad SMARTS) is 1. The Morgan fingerprint density at radius 1 is 1.32 bits per heavy atom. The molecule has 2 amide bonds. The first-order chi connectivity index (χ1) is 9.08. The molecule has 2 unspecified atom stereocenters. The van der Waals surface area contributed by atoms with Crippen molar-refractivity contribution in [2.45, 2.75) is 51.5 Å². The first kappa shape index (κ1) is 14.2. The monoisotopic (exact) mass is 268 g/mol. The highest BCUT2D eigenvalue weighted by molar-refractivity contribution is 5.82. The lowest BCUT2D eigenvalue weighted by molar-refractivity contribution is -0.143. The van der Waals surface area contributed by atoms with Crippen LogP contribution in [-0.4, -0.2) is 41.1 Å². The number of nitrogens with zero attached hydrogens (tertiary/aromatic N) is 1. The number of aliphatic carboxylic acids is 1. The molecule has 2 fully saturated rings. The molecule has 108 valence electrons. The third-order valence-corrected chi connectivity index (χ3v) is 4.46. The Hall–Kier alpha value is -1.26. The lowest BCUT2D eigenvalue weighted by atomic mass is 9.83. The van der Waals surface area contributed by atoms with Crippen molar-refractivity contribution in [3.05, 3.63) is 0 Å². The van der Waals surface area contributed by atoms with Gasteiger partial charge in [-0.2, -0.15) is 0 Å². The number of piperidine rings is 1. The van der Waals surface area contributed by atoms with Gasteiger partial charge in [-0.3, -0.25) is 0 Å². The molecule has 2 N–H and O–H groups in total. The summed E-state index contributed by atoms with van der Waals surface area (Å²) in [5.74, 6) is 0.248. The van der Waals surface area contributed by atoms with Crippen molar-refractivity contribution in [2.75, 3.05) is 13.1 Å². The van der Waals surface area contributed by atoms with Gasteiger partial charge < -0.3 is 15.3 Å². The van der Waals surface area contributed by atoms with Crippen LogP contribution in [0.25, 0.3) is 0 Å². The van der Waals surface area contributed by atoms with Crippen molar-refractivity contribution >= 4 is 12.0 Å². The lowest BCUT2D eigenvalue weighted by Crippen LogP contribution is -2.53. The minimum absolute atomic E-state index is 0.210. The van der Waals surface area contributed by atoms with Gasteiger partial charge in [0.15, 0.2) is 0 Å². The van der Waals surface area contributed by atoms with Crippen LogP contribution in [0.1, 0.15) is 45.4 Å². The summed E-state index contributed by atoms with van der Waals surface area (Å²) in [7, 11) is 0. The molecule has 1 saturated carbocycles. The molecule has 1 aliphatic heterocycles. The van der Waals surface area contributed by atoms with Crippen LogP contribution in [0, 0.1) is 11.8 Å². The quantitative estimate of drug-likeness (QED) is 0.820. The molecule has 19 heavy (non-hydrogen) atoms. The van der Waals surface area contributed by atoms with Crippen molar-refractivity contribution in [2.24, 2.45) is 11.8 Å². The maximum absolute atomic E-state index is 12.1. The largest absolute Gasteiger partial charge is 0.480 e. The van der Waals surface area contributed by atoms with Crippen LogP contribution in [0.2, 0.25) is 0 Å². The number of carbonyl (C=O) groups is 2. The molecule has 1 saturated heterocycles. The molecular formula is C14H24N2O3. The third kappa shape index (κ3) is 3.61. The summed E-state index contributed by atoms with van der Waals surface area (Å²) in [6.45, 7) is 3.26. The first-order valence-electron chi connectivity index (χ1n) is 7.35. The molecule has 0 aromatic rings. The minimum atomic E-state index is -0.888. The van der Waals surface area contributed by atoms with Gasteiger partial charge in [-0.25, -0.2) is 9.59 Å². The molecule has 1 aliphatic carbocycles. The SMILES string of the molecule is CC1CCN(C(=O)NCCC2CCC2)C(C(=O)O)C1. The fourth-order valence-corrected chi connectivity index (χ4v) is 2.88. The smallest absolute Gasteiger partial charge is 0.326 e. The second-order valence-corrected chi connectivity index (χ2v) is 5.99. The molecular weight excluding hydrogens is 244 g/mol. The summed E-state index contributed by atoms with van der Waals surface area (Å²) < 4.78 is 0. The topological polar surface area (TPSA) is 69.6 Å². The zero-order valence-electron chi connectivity index (χ0n) is 11.6. The van der Waals surface area contributed by atoms with Gasteiger partial charge in [0.1, 0.15) is 6.04 Å². The number of hydrogen-bond acceptors (Lipinski definition) is 2. The Morgan fingerprint density at radius 2 is 2.05 bits per heavy atom. The summed E-state index contributed by atoms with van der Waals surface area (Å²) in [4.78, 5) is 24.8. The van der Waals surface area contributed by atoms with Crippen molar-refractivity contribution in [3.63, 3.8) is 0 Å². The van der Waals surface area contributed by atoms with E-state index < -0.39 is 12.0 Å². The maximum Gasteiger partial charge on any atom is 0.326 e. The molecule has 1 heterocycles. The predicted molar refractivity (Wildman–Crippen MR) is 71.9 cm³/mol. The van der Waals surface area contributed by atoms with Gasteiger partial charge in [-0.05, 0) is 31.1 Å². The van der Waals surface area contributed by atoms with Crippen LogP contribution < -0.4 is 5.32 Å². The first-order valence-corrected chi connectivity index (χ1v) is 7.35. The van der Waals surface area contributed by atoms with E-state index in [0.717, 1.165) is 18.8 Å². The number of nitrogens with one attached hydrogen (secondary N) is 1. The Bertz CT molecular complexity index is 342. The summed E-state index contributed by atoms with van der Waals surface area (Å²) in [6.07, 6.45) is 6.33. The Labute approximate surface area is 114 Å². The number of hydrogen-bond donors (Lipinski definition) is 2. The normalized spacial score (nSPS) is 27.7.